The molecule has 196 valence electrons. The van der Waals surface area contributed by atoms with Gasteiger partial charge in [-0.3, -0.25) is 9.59 Å². The average Bonchev–Trinajstić information content (AvgIpc) is 2.90. The Morgan fingerprint density at radius 2 is 1.67 bits per heavy atom. The van der Waals surface area contributed by atoms with Gasteiger partial charge in [-0.2, -0.15) is 4.31 Å². The Morgan fingerprint density at radius 3 is 2.28 bits per heavy atom. The monoisotopic (exact) mass is 517 g/mol. The van der Waals surface area contributed by atoms with Gasteiger partial charge in [0.1, 0.15) is 11.8 Å². The summed E-state index contributed by atoms with van der Waals surface area (Å²) in [5.74, 6) is 0.0698. The quantitative estimate of drug-likeness (QED) is 0.490. The summed E-state index contributed by atoms with van der Waals surface area (Å²) in [6.45, 7) is 7.57. The molecule has 0 aromatic heterocycles. The predicted octanol–water partition coefficient (Wildman–Crippen LogP) is 2.28. The highest BCUT2D eigenvalue weighted by Crippen LogP contribution is 2.21. The van der Waals surface area contributed by atoms with E-state index in [0.717, 1.165) is 5.56 Å². The number of carbonyl (C=O) groups is 2. The van der Waals surface area contributed by atoms with Gasteiger partial charge in [-0.25, -0.2) is 8.42 Å². The third kappa shape index (κ3) is 7.52. The SMILES string of the molecule is CC(C)CNC(=O)C(C)N(Cc1ccccc1)C(=O)COc1ccc(S(=O)(=O)N2CCOCC2)cc1. The minimum Gasteiger partial charge on any atom is -0.484 e. The first-order valence-corrected chi connectivity index (χ1v) is 13.5. The van der Waals surface area contributed by atoms with E-state index in [2.05, 4.69) is 5.32 Å². The zero-order valence-corrected chi connectivity index (χ0v) is 21.9. The summed E-state index contributed by atoms with van der Waals surface area (Å²) in [5.41, 5.74) is 0.895. The van der Waals surface area contributed by atoms with Crippen molar-refractivity contribution in [1.82, 2.24) is 14.5 Å². The standard InChI is InChI=1S/C26H35N3O6S/c1-20(2)17-27-26(31)21(3)29(18-22-7-5-4-6-8-22)25(30)19-35-23-9-11-24(12-10-23)36(32,33)28-13-15-34-16-14-28/h4-12,20-21H,13-19H2,1-3H3,(H,27,31). The van der Waals surface area contributed by atoms with Crippen LogP contribution in [-0.4, -0.2) is 74.9 Å². The second kappa shape index (κ2) is 12.8. The molecular formula is C26H35N3O6S. The lowest BCUT2D eigenvalue weighted by Gasteiger charge is -2.29. The smallest absolute Gasteiger partial charge is 0.261 e. The maximum atomic E-state index is 13.1. The highest BCUT2D eigenvalue weighted by atomic mass is 32.2. The van der Waals surface area contributed by atoms with Gasteiger partial charge in [0.25, 0.3) is 5.91 Å². The number of morpholine rings is 1. The molecule has 0 saturated carbocycles. The molecule has 0 radical (unpaired) electrons. The van der Waals surface area contributed by atoms with Crippen molar-refractivity contribution >= 4 is 21.8 Å². The number of ether oxygens (including phenoxy) is 2. The minimum absolute atomic E-state index is 0.157. The Morgan fingerprint density at radius 1 is 1.03 bits per heavy atom. The molecule has 2 aromatic rings. The number of nitrogens with one attached hydrogen (secondary N) is 1. The van der Waals surface area contributed by atoms with Gasteiger partial charge in [0.15, 0.2) is 6.61 Å². The Hall–Kier alpha value is -2.95. The lowest BCUT2D eigenvalue weighted by atomic mass is 10.1. The van der Waals surface area contributed by atoms with Crippen LogP contribution in [0.15, 0.2) is 59.5 Å². The third-order valence-electron chi connectivity index (χ3n) is 5.84. The fraction of sp³-hybridized carbons (Fsp3) is 0.462. The van der Waals surface area contributed by atoms with E-state index in [1.165, 1.54) is 33.5 Å². The molecule has 0 aliphatic carbocycles. The Balaban J connectivity index is 1.66. The van der Waals surface area contributed by atoms with Crippen molar-refractivity contribution in [3.05, 3.63) is 60.2 Å². The molecule has 1 unspecified atom stereocenters. The number of hydrogen-bond acceptors (Lipinski definition) is 6. The Labute approximate surface area is 213 Å². The molecule has 10 heteroatoms. The summed E-state index contributed by atoms with van der Waals surface area (Å²) in [4.78, 5) is 27.5. The van der Waals surface area contributed by atoms with Crippen LogP contribution in [0.4, 0.5) is 0 Å². The zero-order valence-electron chi connectivity index (χ0n) is 21.1. The molecule has 1 atom stereocenters. The van der Waals surface area contributed by atoms with Crippen molar-refractivity contribution in [3.8, 4) is 5.75 Å². The number of benzene rings is 2. The molecule has 1 aliphatic rings. The van der Waals surface area contributed by atoms with Crippen LogP contribution in [0.25, 0.3) is 0 Å². The molecule has 2 amide bonds. The first-order valence-electron chi connectivity index (χ1n) is 12.1. The van der Waals surface area contributed by atoms with E-state index in [9.17, 15) is 18.0 Å². The highest BCUT2D eigenvalue weighted by Gasteiger charge is 2.28. The zero-order chi connectivity index (χ0) is 26.1. The lowest BCUT2D eigenvalue weighted by Crippen LogP contribution is -2.49. The first kappa shape index (κ1) is 27.6. The summed E-state index contributed by atoms with van der Waals surface area (Å²) in [5, 5.41) is 2.88. The number of carbonyl (C=O) groups excluding carboxylic acids is 2. The van der Waals surface area contributed by atoms with Crippen LogP contribution in [0.1, 0.15) is 26.3 Å². The van der Waals surface area contributed by atoms with Gasteiger partial charge in [0.2, 0.25) is 15.9 Å². The van der Waals surface area contributed by atoms with Crippen LogP contribution in [-0.2, 0) is 30.9 Å². The molecule has 1 aliphatic heterocycles. The van der Waals surface area contributed by atoms with Gasteiger partial charge in [-0.05, 0) is 42.7 Å². The van der Waals surface area contributed by atoms with Crippen LogP contribution in [0.2, 0.25) is 0 Å². The van der Waals surface area contributed by atoms with Crippen molar-refractivity contribution in [2.45, 2.75) is 38.3 Å². The molecule has 1 heterocycles. The molecule has 0 bridgehead atoms. The van der Waals surface area contributed by atoms with E-state index in [1.807, 2.05) is 44.2 Å². The summed E-state index contributed by atoms with van der Waals surface area (Å²) in [6, 6.07) is 14.7. The van der Waals surface area contributed by atoms with E-state index < -0.39 is 16.1 Å². The van der Waals surface area contributed by atoms with Crippen LogP contribution >= 0.6 is 0 Å². The van der Waals surface area contributed by atoms with Crippen molar-refractivity contribution in [1.29, 1.82) is 0 Å². The number of rotatable bonds is 11. The molecule has 1 N–H and O–H groups in total. The third-order valence-corrected chi connectivity index (χ3v) is 7.75. The second-order valence-corrected chi connectivity index (χ2v) is 11.0. The van der Waals surface area contributed by atoms with Gasteiger partial charge < -0.3 is 19.7 Å². The van der Waals surface area contributed by atoms with Gasteiger partial charge >= 0.3 is 0 Å². The summed E-state index contributed by atoms with van der Waals surface area (Å²) < 4.78 is 37.9. The van der Waals surface area contributed by atoms with Gasteiger partial charge in [0.05, 0.1) is 18.1 Å². The molecule has 0 spiro atoms. The van der Waals surface area contributed by atoms with Crippen LogP contribution in [0, 0.1) is 5.92 Å². The van der Waals surface area contributed by atoms with E-state index in [-0.39, 0.29) is 35.8 Å². The molecule has 36 heavy (non-hydrogen) atoms. The van der Waals surface area contributed by atoms with E-state index >= 15 is 0 Å². The van der Waals surface area contributed by atoms with Crippen molar-refractivity contribution in [3.63, 3.8) is 0 Å². The normalized spacial score (nSPS) is 15.3. The molecule has 3 rings (SSSR count). The summed E-state index contributed by atoms with van der Waals surface area (Å²) in [6.07, 6.45) is 0. The van der Waals surface area contributed by atoms with Gasteiger partial charge in [-0.15, -0.1) is 0 Å². The average molecular weight is 518 g/mol. The van der Waals surface area contributed by atoms with Gasteiger partial charge in [0, 0.05) is 26.2 Å². The first-order chi connectivity index (χ1) is 17.2. The number of sulfonamides is 1. The summed E-state index contributed by atoms with van der Waals surface area (Å²) >= 11 is 0. The minimum atomic E-state index is -3.61. The molecule has 2 aromatic carbocycles. The molecule has 1 fully saturated rings. The fourth-order valence-electron chi connectivity index (χ4n) is 3.69. The maximum absolute atomic E-state index is 13.1. The van der Waals surface area contributed by atoms with E-state index in [0.29, 0.717) is 38.6 Å². The van der Waals surface area contributed by atoms with E-state index in [1.54, 1.807) is 6.92 Å². The topological polar surface area (TPSA) is 105 Å². The molecule has 1 saturated heterocycles. The number of nitrogens with zero attached hydrogens (tertiary/aromatic N) is 2. The summed E-state index contributed by atoms with van der Waals surface area (Å²) in [7, 11) is -3.61. The number of amides is 2. The van der Waals surface area contributed by atoms with Crippen molar-refractivity contribution in [2.24, 2.45) is 5.92 Å². The highest BCUT2D eigenvalue weighted by molar-refractivity contribution is 7.89. The molecular weight excluding hydrogens is 482 g/mol. The largest absolute Gasteiger partial charge is 0.484 e. The van der Waals surface area contributed by atoms with Crippen LogP contribution < -0.4 is 10.1 Å². The van der Waals surface area contributed by atoms with Crippen LogP contribution in [0.5, 0.6) is 5.75 Å². The van der Waals surface area contributed by atoms with E-state index in [4.69, 9.17) is 9.47 Å². The fourth-order valence-corrected chi connectivity index (χ4v) is 5.09. The molecule has 9 nitrogen and oxygen atoms in total. The van der Waals surface area contributed by atoms with Crippen LogP contribution in [0.3, 0.4) is 0 Å². The van der Waals surface area contributed by atoms with Crippen molar-refractivity contribution < 1.29 is 27.5 Å². The lowest BCUT2D eigenvalue weighted by molar-refractivity contribution is -0.142. The predicted molar refractivity (Wildman–Crippen MR) is 136 cm³/mol. The van der Waals surface area contributed by atoms with Crippen molar-refractivity contribution in [2.75, 3.05) is 39.5 Å². The van der Waals surface area contributed by atoms with Gasteiger partial charge in [-0.1, -0.05) is 44.2 Å². The Kier molecular flexibility index (Phi) is 9.86. The second-order valence-electron chi connectivity index (χ2n) is 9.10. The maximum Gasteiger partial charge on any atom is 0.261 e. The number of hydrogen-bond donors (Lipinski definition) is 1. The Bertz CT molecular complexity index is 1100.